The lowest BCUT2D eigenvalue weighted by Gasteiger charge is -2.24. The third kappa shape index (κ3) is 4.45. The minimum atomic E-state index is -1.34. The second-order valence-electron chi connectivity index (χ2n) is 10.7. The molecule has 3 aliphatic rings. The summed E-state index contributed by atoms with van der Waals surface area (Å²) < 4.78 is 22.8. The normalized spacial score (nSPS) is 18.3. The quantitative estimate of drug-likeness (QED) is 0.384. The number of carbonyl (C=O) groups excluding carboxylic acids is 2. The Morgan fingerprint density at radius 1 is 1.12 bits per heavy atom. The Kier molecular flexibility index (Phi) is 5.92. The first-order chi connectivity index (χ1) is 19.9. The van der Waals surface area contributed by atoms with E-state index < -0.39 is 23.8 Å². The van der Waals surface area contributed by atoms with Crippen LogP contribution in [0.15, 0.2) is 71.9 Å². The Labute approximate surface area is 235 Å². The number of benzodiazepines with no additional fused rings is 1. The van der Waals surface area contributed by atoms with Gasteiger partial charge in [-0.2, -0.15) is 5.10 Å². The van der Waals surface area contributed by atoms with Crippen molar-refractivity contribution in [3.05, 3.63) is 95.1 Å². The maximum Gasteiger partial charge on any atom is 0.269 e. The van der Waals surface area contributed by atoms with Crippen molar-refractivity contribution in [2.45, 2.75) is 38.9 Å². The molecule has 4 aromatic rings. The summed E-state index contributed by atoms with van der Waals surface area (Å²) in [6, 6.07) is 17.5. The van der Waals surface area contributed by atoms with E-state index in [0.717, 1.165) is 25.0 Å². The van der Waals surface area contributed by atoms with Crippen LogP contribution in [0.4, 0.5) is 10.1 Å². The summed E-state index contributed by atoms with van der Waals surface area (Å²) >= 11 is 0. The van der Waals surface area contributed by atoms with Gasteiger partial charge < -0.3 is 15.4 Å². The Bertz CT molecular complexity index is 1710. The largest absolute Gasteiger partial charge is 0.477 e. The van der Waals surface area contributed by atoms with E-state index >= 15 is 0 Å². The first-order valence-corrected chi connectivity index (χ1v) is 13.7. The highest BCUT2D eigenvalue weighted by atomic mass is 19.1. The fourth-order valence-corrected chi connectivity index (χ4v) is 5.36. The number of nitrogens with zero attached hydrogens (tertiary/aromatic N) is 4. The second-order valence-corrected chi connectivity index (χ2v) is 10.7. The van der Waals surface area contributed by atoms with Gasteiger partial charge in [0.15, 0.2) is 0 Å². The molecule has 2 aliphatic heterocycles. The van der Waals surface area contributed by atoms with Crippen molar-refractivity contribution < 1.29 is 18.7 Å². The summed E-state index contributed by atoms with van der Waals surface area (Å²) in [5.74, 6) is -1.48. The maximum atomic E-state index is 14.9. The summed E-state index contributed by atoms with van der Waals surface area (Å²) in [4.78, 5) is 36.5. The van der Waals surface area contributed by atoms with Crippen molar-refractivity contribution in [2.75, 3.05) is 11.9 Å². The average Bonchev–Trinajstić information content (AvgIpc) is 3.66. The SMILES string of the molecule is CCc1ccc(-c2nn3c(c2C(=O)N[C@H]2N=C(c4ccccc4)c4cccc(F)c4NC2=O)OCC2(CC2)C3)cn1. The molecule has 10 heteroatoms. The number of aromatic nitrogens is 3. The van der Waals surface area contributed by atoms with Crippen LogP contribution in [0.25, 0.3) is 11.3 Å². The zero-order valence-corrected chi connectivity index (χ0v) is 22.4. The number of carbonyl (C=O) groups is 2. The number of hydrogen-bond acceptors (Lipinski definition) is 6. The lowest BCUT2D eigenvalue weighted by Crippen LogP contribution is -2.42. The Hall–Kier alpha value is -4.86. The number of hydrogen-bond donors (Lipinski definition) is 2. The van der Waals surface area contributed by atoms with E-state index in [2.05, 4.69) is 20.6 Å². The van der Waals surface area contributed by atoms with Gasteiger partial charge in [0.05, 0.1) is 24.6 Å². The Morgan fingerprint density at radius 3 is 2.68 bits per heavy atom. The molecule has 2 N–H and O–H groups in total. The van der Waals surface area contributed by atoms with Crippen LogP contribution in [0.5, 0.6) is 5.88 Å². The molecule has 0 radical (unpaired) electrons. The zero-order chi connectivity index (χ0) is 28.1. The van der Waals surface area contributed by atoms with Crippen LogP contribution in [-0.2, 0) is 17.8 Å². The number of anilines is 1. The number of fused-ring (bicyclic) bond motifs is 2. The molecule has 7 rings (SSSR count). The van der Waals surface area contributed by atoms with Crippen LogP contribution in [-0.4, -0.2) is 45.1 Å². The minimum Gasteiger partial charge on any atom is -0.477 e. The van der Waals surface area contributed by atoms with Crippen LogP contribution in [0.2, 0.25) is 0 Å². The van der Waals surface area contributed by atoms with Gasteiger partial charge in [0.2, 0.25) is 12.0 Å². The fourth-order valence-electron chi connectivity index (χ4n) is 5.36. The molecule has 0 bridgehead atoms. The highest BCUT2D eigenvalue weighted by Crippen LogP contribution is 2.51. The molecule has 1 spiro atoms. The number of nitrogens with one attached hydrogen (secondary N) is 2. The summed E-state index contributed by atoms with van der Waals surface area (Å²) in [7, 11) is 0. The second kappa shape index (κ2) is 9.65. The molecule has 4 heterocycles. The van der Waals surface area contributed by atoms with Crippen LogP contribution in [0.1, 0.15) is 46.9 Å². The number of amides is 2. The number of benzene rings is 2. The number of pyridine rings is 1. The van der Waals surface area contributed by atoms with E-state index in [1.165, 1.54) is 6.07 Å². The van der Waals surface area contributed by atoms with E-state index in [9.17, 15) is 14.0 Å². The van der Waals surface area contributed by atoms with Gasteiger partial charge >= 0.3 is 0 Å². The summed E-state index contributed by atoms with van der Waals surface area (Å²) in [6.45, 7) is 3.17. The van der Waals surface area contributed by atoms with E-state index in [-0.39, 0.29) is 16.7 Å². The average molecular weight is 551 g/mol. The minimum absolute atomic E-state index is 0.0145. The Morgan fingerprint density at radius 2 is 1.95 bits per heavy atom. The topological polar surface area (TPSA) is 110 Å². The van der Waals surface area contributed by atoms with Crippen LogP contribution >= 0.6 is 0 Å². The highest BCUT2D eigenvalue weighted by Gasteiger charge is 2.48. The summed E-state index contributed by atoms with van der Waals surface area (Å²) in [5.41, 5.74) is 3.76. The Balaban J connectivity index is 1.29. The van der Waals surface area contributed by atoms with E-state index in [1.807, 2.05) is 49.4 Å². The molecule has 2 aromatic heterocycles. The van der Waals surface area contributed by atoms with E-state index in [4.69, 9.17) is 9.84 Å². The molecule has 41 heavy (non-hydrogen) atoms. The molecular formula is C31H27FN6O3. The lowest BCUT2D eigenvalue weighted by molar-refractivity contribution is -0.117. The van der Waals surface area contributed by atoms with E-state index in [0.29, 0.717) is 47.1 Å². The predicted octanol–water partition coefficient (Wildman–Crippen LogP) is 4.36. The molecule has 0 unspecified atom stereocenters. The van der Waals surface area contributed by atoms with Crippen molar-refractivity contribution in [1.29, 1.82) is 0 Å². The first-order valence-electron chi connectivity index (χ1n) is 13.7. The van der Waals surface area contributed by atoms with Crippen LogP contribution < -0.4 is 15.4 Å². The molecule has 1 saturated carbocycles. The van der Waals surface area contributed by atoms with Crippen LogP contribution in [0, 0.1) is 11.2 Å². The first kappa shape index (κ1) is 25.1. The molecular weight excluding hydrogens is 523 g/mol. The smallest absolute Gasteiger partial charge is 0.269 e. The summed E-state index contributed by atoms with van der Waals surface area (Å²) in [6.07, 6.45) is 3.23. The van der Waals surface area contributed by atoms with Gasteiger partial charge in [0, 0.05) is 34.0 Å². The molecule has 9 nitrogen and oxygen atoms in total. The van der Waals surface area contributed by atoms with Crippen LogP contribution in [0.3, 0.4) is 0 Å². The van der Waals surface area contributed by atoms with Crippen molar-refractivity contribution in [3.8, 4) is 17.1 Å². The van der Waals surface area contributed by atoms with Gasteiger partial charge in [-0.3, -0.25) is 14.6 Å². The van der Waals surface area contributed by atoms with Crippen molar-refractivity contribution in [1.82, 2.24) is 20.1 Å². The molecule has 1 atom stereocenters. The molecule has 2 aromatic carbocycles. The van der Waals surface area contributed by atoms with Crippen molar-refractivity contribution >= 4 is 23.2 Å². The van der Waals surface area contributed by atoms with Gasteiger partial charge in [-0.15, -0.1) is 0 Å². The number of ether oxygens (including phenoxy) is 1. The summed E-state index contributed by atoms with van der Waals surface area (Å²) in [5, 5.41) is 10.2. The number of aryl methyl sites for hydroxylation is 1. The van der Waals surface area contributed by atoms with Crippen molar-refractivity contribution in [3.63, 3.8) is 0 Å². The molecule has 206 valence electrons. The molecule has 2 amide bonds. The van der Waals surface area contributed by atoms with E-state index in [1.54, 1.807) is 23.0 Å². The number of para-hydroxylation sites is 1. The highest BCUT2D eigenvalue weighted by molar-refractivity contribution is 6.20. The monoisotopic (exact) mass is 550 g/mol. The number of aliphatic imine (C=N–C) groups is 1. The number of rotatable bonds is 5. The number of halogens is 1. The standard InChI is InChI=1S/C31H27FN6O3/c1-2-20-12-11-19(15-33-20)25-23(30-38(37-25)16-31(13-14-31)17-41-30)28(39)36-27-29(40)35-26-21(9-6-10-22(26)32)24(34-27)18-7-4-3-5-8-18/h3-12,15,27H,2,13-14,16-17H2,1H3,(H,35,40)(H,36,39)/t27-/m1/s1. The fraction of sp³-hybridized carbons (Fsp3) is 0.258. The van der Waals surface area contributed by atoms with Crippen molar-refractivity contribution in [2.24, 2.45) is 10.4 Å². The van der Waals surface area contributed by atoms with Gasteiger partial charge in [0.1, 0.15) is 17.1 Å². The molecule has 0 saturated heterocycles. The van der Waals surface area contributed by atoms with Gasteiger partial charge in [-0.25, -0.2) is 14.1 Å². The molecule has 1 fully saturated rings. The van der Waals surface area contributed by atoms with Gasteiger partial charge in [-0.05, 0) is 37.5 Å². The lowest BCUT2D eigenvalue weighted by atomic mass is 10.0. The molecule has 1 aliphatic carbocycles. The van der Waals surface area contributed by atoms with Gasteiger partial charge in [-0.1, -0.05) is 49.4 Å². The zero-order valence-electron chi connectivity index (χ0n) is 22.4. The third-order valence-corrected chi connectivity index (χ3v) is 7.89. The predicted molar refractivity (Wildman–Crippen MR) is 150 cm³/mol. The maximum absolute atomic E-state index is 14.9. The van der Waals surface area contributed by atoms with Gasteiger partial charge in [0.25, 0.3) is 11.8 Å². The third-order valence-electron chi connectivity index (χ3n) is 7.89.